The summed E-state index contributed by atoms with van der Waals surface area (Å²) in [4.78, 5) is 27.6. The predicted molar refractivity (Wildman–Crippen MR) is 109 cm³/mol. The fourth-order valence-electron chi connectivity index (χ4n) is 2.62. The average Bonchev–Trinajstić information content (AvgIpc) is 2.87. The van der Waals surface area contributed by atoms with Crippen LogP contribution in [0.15, 0.2) is 0 Å². The van der Waals surface area contributed by atoms with E-state index in [1.165, 1.54) is 29.5 Å². The van der Waals surface area contributed by atoms with Gasteiger partial charge in [0.1, 0.15) is 9.32 Å². The highest BCUT2D eigenvalue weighted by Crippen LogP contribution is 2.33. The summed E-state index contributed by atoms with van der Waals surface area (Å²) in [6, 6.07) is 0. The minimum atomic E-state index is -0.392. The molecule has 0 aliphatic carbocycles. The van der Waals surface area contributed by atoms with Gasteiger partial charge in [-0.3, -0.25) is 4.79 Å². The number of thiocarbonyl (C=S) groups is 1. The first-order valence-corrected chi connectivity index (χ1v) is 10.6. The average molecular weight is 401 g/mol. The number of esters is 1. The van der Waals surface area contributed by atoms with Crippen molar-refractivity contribution in [1.82, 2.24) is 4.90 Å². The molecule has 0 spiro atoms. The number of aryl methyl sites for hydroxylation is 1. The third-order valence-corrected chi connectivity index (χ3v) is 6.70. The van der Waals surface area contributed by atoms with Crippen LogP contribution in [0.25, 0.3) is 0 Å². The number of rotatable bonds is 5. The molecule has 1 saturated heterocycles. The molecule has 0 radical (unpaired) electrons. The van der Waals surface area contributed by atoms with Crippen LogP contribution in [0, 0.1) is 13.8 Å². The van der Waals surface area contributed by atoms with Crippen molar-refractivity contribution < 1.29 is 14.3 Å². The third kappa shape index (κ3) is 5.43. The number of amides is 1. The van der Waals surface area contributed by atoms with Crippen LogP contribution in [0.1, 0.15) is 47.0 Å². The molecular weight excluding hydrogens is 376 g/mol. The lowest BCUT2D eigenvalue weighted by Crippen LogP contribution is -2.33. The maximum absolute atomic E-state index is 12.3. The van der Waals surface area contributed by atoms with Crippen molar-refractivity contribution in [3.63, 3.8) is 0 Å². The first-order valence-electron chi connectivity index (χ1n) is 8.42. The van der Waals surface area contributed by atoms with E-state index in [4.69, 9.17) is 17.0 Å². The Labute approximate surface area is 162 Å². The second kappa shape index (κ2) is 9.54. The standard InChI is InChI=1S/C17H24N2O3S3/c1-4-22-16(21)14-11(2)12(3)25-15(14)18-13(20)10-24-17(23)19-8-6-5-7-9-19/h4-10H2,1-3H3,(H,18,20). The molecule has 0 bridgehead atoms. The van der Waals surface area contributed by atoms with Crippen molar-refractivity contribution in [2.75, 3.05) is 30.8 Å². The SMILES string of the molecule is CCOC(=O)c1c(NC(=O)CSC(=S)N2CCCCC2)sc(C)c1C. The van der Waals surface area contributed by atoms with Gasteiger partial charge in [-0.1, -0.05) is 24.0 Å². The number of ether oxygens (including phenoxy) is 1. The van der Waals surface area contributed by atoms with Crippen molar-refractivity contribution in [1.29, 1.82) is 0 Å². The highest BCUT2D eigenvalue weighted by atomic mass is 32.2. The smallest absolute Gasteiger partial charge is 0.341 e. The minimum absolute atomic E-state index is 0.156. The largest absolute Gasteiger partial charge is 0.462 e. The molecule has 1 aliphatic rings. The highest BCUT2D eigenvalue weighted by Gasteiger charge is 2.22. The summed E-state index contributed by atoms with van der Waals surface area (Å²) < 4.78 is 5.88. The van der Waals surface area contributed by atoms with Gasteiger partial charge in [0.05, 0.1) is 17.9 Å². The van der Waals surface area contributed by atoms with Crippen LogP contribution in [-0.2, 0) is 9.53 Å². The molecule has 1 N–H and O–H groups in total. The molecule has 1 aromatic heterocycles. The molecule has 8 heteroatoms. The van der Waals surface area contributed by atoms with Crippen molar-refractivity contribution in [2.45, 2.75) is 40.0 Å². The fraction of sp³-hybridized carbons (Fsp3) is 0.588. The summed E-state index contributed by atoms with van der Waals surface area (Å²) in [5.41, 5.74) is 1.32. The lowest BCUT2D eigenvalue weighted by atomic mass is 10.1. The zero-order valence-electron chi connectivity index (χ0n) is 14.8. The monoisotopic (exact) mass is 400 g/mol. The van der Waals surface area contributed by atoms with E-state index >= 15 is 0 Å². The first kappa shape index (κ1) is 20.2. The number of hydrogen-bond acceptors (Lipinski definition) is 6. The maximum atomic E-state index is 12.3. The van der Waals surface area contributed by atoms with E-state index in [1.54, 1.807) is 6.92 Å². The number of likely N-dealkylation sites (tertiary alicyclic amines) is 1. The Hall–Kier alpha value is -1.12. The van der Waals surface area contributed by atoms with Gasteiger partial charge in [0.2, 0.25) is 5.91 Å². The lowest BCUT2D eigenvalue weighted by Gasteiger charge is -2.28. The van der Waals surface area contributed by atoms with Gasteiger partial charge >= 0.3 is 5.97 Å². The molecule has 2 rings (SSSR count). The molecule has 1 aromatic rings. The summed E-state index contributed by atoms with van der Waals surface area (Å²) in [5, 5.41) is 3.41. The van der Waals surface area contributed by atoms with Gasteiger partial charge in [-0.2, -0.15) is 0 Å². The highest BCUT2D eigenvalue weighted by molar-refractivity contribution is 8.23. The van der Waals surface area contributed by atoms with E-state index in [9.17, 15) is 9.59 Å². The van der Waals surface area contributed by atoms with Crippen LogP contribution >= 0.6 is 35.3 Å². The molecule has 138 valence electrons. The second-order valence-electron chi connectivity index (χ2n) is 5.86. The normalized spacial score (nSPS) is 14.3. The minimum Gasteiger partial charge on any atom is -0.462 e. The Bertz CT molecular complexity index is 652. The molecule has 1 amide bonds. The molecule has 5 nitrogen and oxygen atoms in total. The molecule has 1 fully saturated rings. The number of anilines is 1. The van der Waals surface area contributed by atoms with Crippen LogP contribution in [0.4, 0.5) is 5.00 Å². The fourth-order valence-corrected chi connectivity index (χ4v) is 4.74. The zero-order valence-corrected chi connectivity index (χ0v) is 17.3. The number of thiophene rings is 1. The molecule has 1 aliphatic heterocycles. The third-order valence-electron chi connectivity index (χ3n) is 4.06. The van der Waals surface area contributed by atoms with Crippen molar-refractivity contribution in [3.8, 4) is 0 Å². The maximum Gasteiger partial charge on any atom is 0.341 e. The van der Waals surface area contributed by atoms with Crippen LogP contribution in [0.3, 0.4) is 0 Å². The number of carbonyl (C=O) groups is 2. The molecule has 0 atom stereocenters. The number of thioether (sulfide) groups is 1. The Morgan fingerprint density at radius 3 is 2.60 bits per heavy atom. The molecule has 0 saturated carbocycles. The van der Waals surface area contributed by atoms with Gasteiger partial charge in [0, 0.05) is 18.0 Å². The number of hydrogen-bond donors (Lipinski definition) is 1. The number of nitrogens with zero attached hydrogens (tertiary/aromatic N) is 1. The van der Waals surface area contributed by atoms with Gasteiger partial charge in [-0.25, -0.2) is 4.79 Å². The number of piperidine rings is 1. The second-order valence-corrected chi connectivity index (χ2v) is 8.69. The number of carbonyl (C=O) groups excluding carboxylic acids is 2. The summed E-state index contributed by atoms with van der Waals surface area (Å²) in [6.45, 7) is 7.82. The Kier molecular flexibility index (Phi) is 7.71. The van der Waals surface area contributed by atoms with E-state index in [1.807, 2.05) is 13.8 Å². The summed E-state index contributed by atoms with van der Waals surface area (Å²) in [5.74, 6) is -0.305. The van der Waals surface area contributed by atoms with Crippen LogP contribution in [-0.4, -0.2) is 46.5 Å². The van der Waals surface area contributed by atoms with E-state index in [2.05, 4.69) is 10.2 Å². The number of nitrogens with one attached hydrogen (secondary N) is 1. The Balaban J connectivity index is 1.95. The van der Waals surface area contributed by atoms with E-state index in [-0.39, 0.29) is 11.7 Å². The van der Waals surface area contributed by atoms with Gasteiger partial charge in [0.25, 0.3) is 0 Å². The van der Waals surface area contributed by atoms with E-state index in [0.717, 1.165) is 40.7 Å². The van der Waals surface area contributed by atoms with Gasteiger partial charge in [-0.15, -0.1) is 11.3 Å². The van der Waals surface area contributed by atoms with Crippen molar-refractivity contribution in [2.24, 2.45) is 0 Å². The first-order chi connectivity index (χ1) is 11.9. The van der Waals surface area contributed by atoms with Crippen LogP contribution in [0.5, 0.6) is 0 Å². The van der Waals surface area contributed by atoms with Crippen molar-refractivity contribution in [3.05, 3.63) is 16.0 Å². The van der Waals surface area contributed by atoms with Crippen LogP contribution < -0.4 is 5.32 Å². The summed E-state index contributed by atoms with van der Waals surface area (Å²) in [7, 11) is 0. The van der Waals surface area contributed by atoms with Gasteiger partial charge in [-0.05, 0) is 45.6 Å². The Morgan fingerprint density at radius 1 is 1.28 bits per heavy atom. The van der Waals surface area contributed by atoms with E-state index < -0.39 is 5.97 Å². The molecule has 0 unspecified atom stereocenters. The van der Waals surface area contributed by atoms with Crippen molar-refractivity contribution >= 4 is 56.5 Å². The lowest BCUT2D eigenvalue weighted by molar-refractivity contribution is -0.113. The molecular formula is C17H24N2O3S3. The molecule has 2 heterocycles. The van der Waals surface area contributed by atoms with Gasteiger partial charge in [0.15, 0.2) is 0 Å². The van der Waals surface area contributed by atoms with Gasteiger partial charge < -0.3 is 15.0 Å². The summed E-state index contributed by atoms with van der Waals surface area (Å²) >= 11 is 8.20. The molecule has 0 aromatic carbocycles. The van der Waals surface area contributed by atoms with E-state index in [0.29, 0.717) is 17.2 Å². The summed E-state index contributed by atoms with van der Waals surface area (Å²) in [6.07, 6.45) is 3.56. The predicted octanol–water partition coefficient (Wildman–Crippen LogP) is 3.98. The van der Waals surface area contributed by atoms with Crippen LogP contribution in [0.2, 0.25) is 0 Å². The topological polar surface area (TPSA) is 58.6 Å². The molecule has 25 heavy (non-hydrogen) atoms. The quantitative estimate of drug-likeness (QED) is 0.596. The zero-order chi connectivity index (χ0) is 18.4. The Morgan fingerprint density at radius 2 is 1.96 bits per heavy atom.